The van der Waals surface area contributed by atoms with Crippen LogP contribution >= 0.6 is 0 Å². The van der Waals surface area contributed by atoms with Crippen LogP contribution < -0.4 is 5.32 Å². The minimum absolute atomic E-state index is 0.0270. The maximum Gasteiger partial charge on any atom is 0.251 e. The molecule has 2 heteroatoms. The number of carbonyl (C=O) groups excluding carboxylic acids is 1. The highest BCUT2D eigenvalue weighted by atomic mass is 16.1. The third-order valence-corrected chi connectivity index (χ3v) is 2.40. The molecule has 82 valence electrons. The van der Waals surface area contributed by atoms with Gasteiger partial charge in [-0.15, -0.1) is 0 Å². The van der Waals surface area contributed by atoms with Gasteiger partial charge in [0.25, 0.3) is 5.91 Å². The Kier molecular flexibility index (Phi) is 4.88. The lowest BCUT2D eigenvalue weighted by Gasteiger charge is -2.13. The van der Waals surface area contributed by atoms with Gasteiger partial charge >= 0.3 is 0 Å². The molecule has 0 aliphatic rings. The number of rotatable bonds is 5. The SMILES string of the molecule is CCCCC(C)NC(=O)c1ccccc1. The smallest absolute Gasteiger partial charge is 0.251 e. The van der Waals surface area contributed by atoms with E-state index in [0.717, 1.165) is 18.4 Å². The van der Waals surface area contributed by atoms with E-state index >= 15 is 0 Å². The zero-order chi connectivity index (χ0) is 11.1. The predicted molar refractivity (Wildman–Crippen MR) is 62.9 cm³/mol. The summed E-state index contributed by atoms with van der Waals surface area (Å²) >= 11 is 0. The van der Waals surface area contributed by atoms with E-state index in [4.69, 9.17) is 0 Å². The Labute approximate surface area is 91.7 Å². The molecular weight excluding hydrogens is 186 g/mol. The zero-order valence-electron chi connectivity index (χ0n) is 9.49. The molecule has 0 aliphatic carbocycles. The number of amides is 1. The van der Waals surface area contributed by atoms with Crippen molar-refractivity contribution in [1.82, 2.24) is 5.32 Å². The second kappa shape index (κ2) is 6.23. The quantitative estimate of drug-likeness (QED) is 0.786. The van der Waals surface area contributed by atoms with Gasteiger partial charge in [-0.1, -0.05) is 38.0 Å². The summed E-state index contributed by atoms with van der Waals surface area (Å²) in [5.41, 5.74) is 0.737. The standard InChI is InChI=1S/C13H19NO/c1-3-4-8-11(2)14-13(15)12-9-6-5-7-10-12/h5-7,9-11H,3-4,8H2,1-2H3,(H,14,15). The second-order valence-electron chi connectivity index (χ2n) is 3.88. The minimum Gasteiger partial charge on any atom is -0.350 e. The van der Waals surface area contributed by atoms with Crippen LogP contribution in [0.2, 0.25) is 0 Å². The van der Waals surface area contributed by atoms with Crippen molar-refractivity contribution in [3.63, 3.8) is 0 Å². The monoisotopic (exact) mass is 205 g/mol. The van der Waals surface area contributed by atoms with Crippen molar-refractivity contribution in [2.75, 3.05) is 0 Å². The van der Waals surface area contributed by atoms with Gasteiger partial charge in [0.2, 0.25) is 0 Å². The molecule has 1 amide bonds. The maximum atomic E-state index is 11.7. The van der Waals surface area contributed by atoms with Gasteiger partial charge in [-0.05, 0) is 25.5 Å². The molecule has 0 fully saturated rings. The summed E-state index contributed by atoms with van der Waals surface area (Å²) in [6.45, 7) is 4.21. The fraction of sp³-hybridized carbons (Fsp3) is 0.462. The number of nitrogens with one attached hydrogen (secondary N) is 1. The van der Waals surface area contributed by atoms with Gasteiger partial charge in [0, 0.05) is 11.6 Å². The zero-order valence-corrected chi connectivity index (χ0v) is 9.49. The van der Waals surface area contributed by atoms with Crippen molar-refractivity contribution in [1.29, 1.82) is 0 Å². The Balaban J connectivity index is 2.42. The van der Waals surface area contributed by atoms with Gasteiger partial charge < -0.3 is 5.32 Å². The fourth-order valence-corrected chi connectivity index (χ4v) is 1.48. The molecule has 1 aromatic rings. The lowest BCUT2D eigenvalue weighted by molar-refractivity contribution is 0.0938. The highest BCUT2D eigenvalue weighted by molar-refractivity contribution is 5.94. The number of benzene rings is 1. The summed E-state index contributed by atoms with van der Waals surface area (Å²) in [7, 11) is 0. The lowest BCUT2D eigenvalue weighted by Crippen LogP contribution is -2.32. The molecule has 1 atom stereocenters. The van der Waals surface area contributed by atoms with Crippen molar-refractivity contribution < 1.29 is 4.79 Å². The summed E-state index contributed by atoms with van der Waals surface area (Å²) in [5, 5.41) is 2.99. The molecule has 1 unspecified atom stereocenters. The minimum atomic E-state index is 0.0270. The van der Waals surface area contributed by atoms with Crippen LogP contribution in [-0.2, 0) is 0 Å². The summed E-state index contributed by atoms with van der Waals surface area (Å²) in [5.74, 6) is 0.0270. The third kappa shape index (κ3) is 4.15. The first-order valence-electron chi connectivity index (χ1n) is 5.60. The van der Waals surface area contributed by atoms with E-state index in [9.17, 15) is 4.79 Å². The third-order valence-electron chi connectivity index (χ3n) is 2.40. The molecule has 15 heavy (non-hydrogen) atoms. The van der Waals surface area contributed by atoms with E-state index in [1.54, 1.807) is 0 Å². The summed E-state index contributed by atoms with van der Waals surface area (Å²) < 4.78 is 0. The Hall–Kier alpha value is -1.31. The molecule has 0 bridgehead atoms. The normalized spacial score (nSPS) is 12.1. The van der Waals surface area contributed by atoms with Crippen molar-refractivity contribution in [3.05, 3.63) is 35.9 Å². The molecule has 0 heterocycles. The molecule has 0 spiro atoms. The van der Waals surface area contributed by atoms with Gasteiger partial charge in [-0.2, -0.15) is 0 Å². The highest BCUT2D eigenvalue weighted by Gasteiger charge is 2.07. The van der Waals surface area contributed by atoms with Crippen LogP contribution in [0, 0.1) is 0 Å². The Morgan fingerprint density at radius 3 is 2.60 bits per heavy atom. The van der Waals surface area contributed by atoms with E-state index in [1.807, 2.05) is 30.3 Å². The van der Waals surface area contributed by atoms with Gasteiger partial charge in [-0.3, -0.25) is 4.79 Å². The van der Waals surface area contributed by atoms with Gasteiger partial charge in [-0.25, -0.2) is 0 Å². The average Bonchev–Trinajstić information content (AvgIpc) is 2.27. The summed E-state index contributed by atoms with van der Waals surface area (Å²) in [4.78, 5) is 11.7. The lowest BCUT2D eigenvalue weighted by atomic mass is 10.1. The predicted octanol–water partition coefficient (Wildman–Crippen LogP) is 3.00. The average molecular weight is 205 g/mol. The van der Waals surface area contributed by atoms with Crippen molar-refractivity contribution in [2.24, 2.45) is 0 Å². The first-order chi connectivity index (χ1) is 7.24. The number of hydrogen-bond donors (Lipinski definition) is 1. The fourth-order valence-electron chi connectivity index (χ4n) is 1.48. The number of hydrogen-bond acceptors (Lipinski definition) is 1. The maximum absolute atomic E-state index is 11.7. The summed E-state index contributed by atoms with van der Waals surface area (Å²) in [6.07, 6.45) is 3.39. The molecule has 1 aromatic carbocycles. The highest BCUT2D eigenvalue weighted by Crippen LogP contribution is 2.02. The van der Waals surface area contributed by atoms with Crippen LogP contribution in [0.25, 0.3) is 0 Å². The molecule has 0 saturated carbocycles. The van der Waals surface area contributed by atoms with Crippen LogP contribution in [0.3, 0.4) is 0 Å². The molecule has 0 aliphatic heterocycles. The molecule has 1 rings (SSSR count). The topological polar surface area (TPSA) is 29.1 Å². The molecule has 0 radical (unpaired) electrons. The van der Waals surface area contributed by atoms with Crippen molar-refractivity contribution in [3.8, 4) is 0 Å². The van der Waals surface area contributed by atoms with Crippen LogP contribution in [-0.4, -0.2) is 11.9 Å². The van der Waals surface area contributed by atoms with E-state index < -0.39 is 0 Å². The molecule has 0 aromatic heterocycles. The van der Waals surface area contributed by atoms with Crippen LogP contribution in [0.1, 0.15) is 43.5 Å². The van der Waals surface area contributed by atoms with E-state index in [0.29, 0.717) is 0 Å². The van der Waals surface area contributed by atoms with Crippen LogP contribution in [0.4, 0.5) is 0 Å². The molecule has 2 nitrogen and oxygen atoms in total. The van der Waals surface area contributed by atoms with Crippen LogP contribution in [0.5, 0.6) is 0 Å². The Morgan fingerprint density at radius 1 is 1.33 bits per heavy atom. The van der Waals surface area contributed by atoms with Crippen molar-refractivity contribution >= 4 is 5.91 Å². The van der Waals surface area contributed by atoms with Crippen LogP contribution in [0.15, 0.2) is 30.3 Å². The second-order valence-corrected chi connectivity index (χ2v) is 3.88. The molecule has 1 N–H and O–H groups in total. The number of unbranched alkanes of at least 4 members (excludes halogenated alkanes) is 1. The van der Waals surface area contributed by atoms with E-state index in [1.165, 1.54) is 6.42 Å². The van der Waals surface area contributed by atoms with Gasteiger partial charge in [0.15, 0.2) is 0 Å². The largest absolute Gasteiger partial charge is 0.350 e. The first kappa shape index (κ1) is 11.8. The van der Waals surface area contributed by atoms with Gasteiger partial charge in [0.05, 0.1) is 0 Å². The first-order valence-corrected chi connectivity index (χ1v) is 5.60. The van der Waals surface area contributed by atoms with Crippen molar-refractivity contribution in [2.45, 2.75) is 39.2 Å². The summed E-state index contributed by atoms with van der Waals surface area (Å²) in [6, 6.07) is 9.61. The van der Waals surface area contributed by atoms with Gasteiger partial charge in [0.1, 0.15) is 0 Å². The molecule has 0 saturated heterocycles. The van der Waals surface area contributed by atoms with E-state index in [2.05, 4.69) is 19.2 Å². The Morgan fingerprint density at radius 2 is 2.00 bits per heavy atom. The van der Waals surface area contributed by atoms with E-state index in [-0.39, 0.29) is 11.9 Å². The Bertz CT molecular complexity index is 295. The molecular formula is C13H19NO. The number of carbonyl (C=O) groups is 1.